The second-order valence-electron chi connectivity index (χ2n) is 3.87. The lowest BCUT2D eigenvalue weighted by Crippen LogP contribution is -2.32. The van der Waals surface area contributed by atoms with Crippen LogP contribution in [-0.4, -0.2) is 29.7 Å². The highest BCUT2D eigenvalue weighted by atomic mass is 32.2. The second-order valence-corrected chi connectivity index (χ2v) is 5.09. The number of anilines is 1. The predicted octanol–water partition coefficient (Wildman–Crippen LogP) is 2.29. The van der Waals surface area contributed by atoms with Crippen molar-refractivity contribution in [3.63, 3.8) is 0 Å². The van der Waals surface area contributed by atoms with Crippen LogP contribution in [0.5, 0.6) is 0 Å². The van der Waals surface area contributed by atoms with Gasteiger partial charge in [0, 0.05) is 30.3 Å². The number of aliphatic hydroxyl groups is 1. The van der Waals surface area contributed by atoms with Crippen molar-refractivity contribution >= 4 is 17.4 Å². The summed E-state index contributed by atoms with van der Waals surface area (Å²) < 4.78 is 0. The number of hydrogen-bond donors (Lipinski definition) is 1. The van der Waals surface area contributed by atoms with Crippen molar-refractivity contribution in [2.45, 2.75) is 13.0 Å². The number of benzene rings is 1. The van der Waals surface area contributed by atoms with Crippen molar-refractivity contribution < 1.29 is 5.11 Å². The van der Waals surface area contributed by atoms with Gasteiger partial charge in [0.2, 0.25) is 0 Å². The maximum Gasteiger partial charge on any atom is 0.0761 e. The Kier molecular flexibility index (Phi) is 3.54. The van der Waals surface area contributed by atoms with Gasteiger partial charge in [0.25, 0.3) is 0 Å². The highest BCUT2D eigenvalue weighted by Gasteiger charge is 2.11. The normalized spacial score (nSPS) is 18.9. The summed E-state index contributed by atoms with van der Waals surface area (Å²) in [5.41, 5.74) is 2.27. The van der Waals surface area contributed by atoms with Crippen LogP contribution in [0.15, 0.2) is 24.3 Å². The molecule has 1 aliphatic heterocycles. The Morgan fingerprint density at radius 2 is 1.80 bits per heavy atom. The molecule has 2 rings (SSSR count). The van der Waals surface area contributed by atoms with Crippen LogP contribution in [0.1, 0.15) is 18.6 Å². The van der Waals surface area contributed by atoms with Gasteiger partial charge < -0.3 is 10.0 Å². The molecule has 1 aromatic rings. The van der Waals surface area contributed by atoms with Gasteiger partial charge in [0.15, 0.2) is 0 Å². The molecular formula is C12H17NOS. The Morgan fingerprint density at radius 1 is 1.20 bits per heavy atom. The van der Waals surface area contributed by atoms with Gasteiger partial charge in [-0.05, 0) is 24.6 Å². The van der Waals surface area contributed by atoms with Crippen LogP contribution in [0.3, 0.4) is 0 Å². The minimum atomic E-state index is -0.365. The molecule has 0 aromatic heterocycles. The summed E-state index contributed by atoms with van der Waals surface area (Å²) in [6, 6.07) is 8.25. The lowest BCUT2D eigenvalue weighted by atomic mass is 10.1. The molecule has 0 spiro atoms. The molecule has 0 bridgehead atoms. The van der Waals surface area contributed by atoms with E-state index in [0.29, 0.717) is 0 Å². The van der Waals surface area contributed by atoms with Gasteiger partial charge in [-0.25, -0.2) is 0 Å². The largest absolute Gasteiger partial charge is 0.389 e. The molecule has 1 aromatic carbocycles. The highest BCUT2D eigenvalue weighted by molar-refractivity contribution is 7.99. The maximum atomic E-state index is 9.41. The summed E-state index contributed by atoms with van der Waals surface area (Å²) in [6.07, 6.45) is -0.365. The van der Waals surface area contributed by atoms with Crippen molar-refractivity contribution in [2.24, 2.45) is 0 Å². The smallest absolute Gasteiger partial charge is 0.0761 e. The fourth-order valence-electron chi connectivity index (χ4n) is 1.79. The monoisotopic (exact) mass is 223 g/mol. The average molecular weight is 223 g/mol. The molecule has 0 radical (unpaired) electrons. The van der Waals surface area contributed by atoms with Crippen LogP contribution < -0.4 is 4.90 Å². The number of hydrogen-bond acceptors (Lipinski definition) is 3. The molecule has 82 valence electrons. The molecule has 1 saturated heterocycles. The molecule has 0 unspecified atom stereocenters. The zero-order valence-corrected chi connectivity index (χ0v) is 9.83. The standard InChI is InChI=1S/C12H17NOS/c1-10(14)11-2-4-12(5-3-11)13-6-8-15-9-7-13/h2-5,10,14H,6-9H2,1H3/t10-/m1/s1. The Labute approximate surface area is 95.3 Å². The first-order valence-electron chi connectivity index (χ1n) is 5.38. The maximum absolute atomic E-state index is 9.41. The van der Waals surface area contributed by atoms with Crippen LogP contribution in [-0.2, 0) is 0 Å². The Balaban J connectivity index is 2.08. The lowest BCUT2D eigenvalue weighted by molar-refractivity contribution is 0.199. The molecule has 1 fully saturated rings. The van der Waals surface area contributed by atoms with Crippen LogP contribution in [0.2, 0.25) is 0 Å². The number of nitrogens with zero attached hydrogens (tertiary/aromatic N) is 1. The van der Waals surface area contributed by atoms with Crippen LogP contribution in [0.4, 0.5) is 5.69 Å². The third-order valence-corrected chi connectivity index (χ3v) is 3.69. The molecule has 1 heterocycles. The van der Waals surface area contributed by atoms with Gasteiger partial charge in [-0.1, -0.05) is 12.1 Å². The molecule has 0 saturated carbocycles. The first-order chi connectivity index (χ1) is 7.27. The number of aliphatic hydroxyl groups excluding tert-OH is 1. The van der Waals surface area contributed by atoms with Crippen molar-refractivity contribution in [2.75, 3.05) is 29.5 Å². The number of thioether (sulfide) groups is 1. The second kappa shape index (κ2) is 4.90. The fourth-order valence-corrected chi connectivity index (χ4v) is 2.69. The third-order valence-electron chi connectivity index (χ3n) is 2.75. The average Bonchev–Trinajstić information content (AvgIpc) is 2.30. The van der Waals surface area contributed by atoms with Crippen LogP contribution >= 0.6 is 11.8 Å². The van der Waals surface area contributed by atoms with E-state index in [1.54, 1.807) is 6.92 Å². The molecule has 1 atom stereocenters. The molecule has 1 aliphatic rings. The molecule has 1 N–H and O–H groups in total. The van der Waals surface area contributed by atoms with E-state index in [2.05, 4.69) is 17.0 Å². The van der Waals surface area contributed by atoms with Gasteiger partial charge in [0.05, 0.1) is 6.10 Å². The molecule has 3 heteroatoms. The molecular weight excluding hydrogens is 206 g/mol. The van der Waals surface area contributed by atoms with E-state index in [1.165, 1.54) is 17.2 Å². The van der Waals surface area contributed by atoms with Crippen molar-refractivity contribution in [3.8, 4) is 0 Å². The minimum absolute atomic E-state index is 0.365. The minimum Gasteiger partial charge on any atom is -0.389 e. The van der Waals surface area contributed by atoms with Crippen molar-refractivity contribution in [1.82, 2.24) is 0 Å². The zero-order chi connectivity index (χ0) is 10.7. The Morgan fingerprint density at radius 3 is 2.33 bits per heavy atom. The Bertz CT molecular complexity index is 304. The molecule has 2 nitrogen and oxygen atoms in total. The van der Waals surface area contributed by atoms with E-state index in [4.69, 9.17) is 0 Å². The van der Waals surface area contributed by atoms with E-state index >= 15 is 0 Å². The van der Waals surface area contributed by atoms with Gasteiger partial charge in [-0.15, -0.1) is 0 Å². The molecule has 15 heavy (non-hydrogen) atoms. The summed E-state index contributed by atoms with van der Waals surface area (Å²) >= 11 is 2.02. The quantitative estimate of drug-likeness (QED) is 0.832. The van der Waals surface area contributed by atoms with Gasteiger partial charge in [-0.2, -0.15) is 11.8 Å². The van der Waals surface area contributed by atoms with Gasteiger partial charge in [-0.3, -0.25) is 0 Å². The van der Waals surface area contributed by atoms with Gasteiger partial charge >= 0.3 is 0 Å². The zero-order valence-electron chi connectivity index (χ0n) is 9.02. The predicted molar refractivity (Wildman–Crippen MR) is 66.6 cm³/mol. The summed E-state index contributed by atoms with van der Waals surface area (Å²) in [6.45, 7) is 4.07. The third kappa shape index (κ3) is 2.67. The van der Waals surface area contributed by atoms with Crippen molar-refractivity contribution in [1.29, 1.82) is 0 Å². The first-order valence-corrected chi connectivity index (χ1v) is 6.53. The lowest BCUT2D eigenvalue weighted by Gasteiger charge is -2.28. The van der Waals surface area contributed by atoms with Crippen LogP contribution in [0, 0.1) is 0 Å². The fraction of sp³-hybridized carbons (Fsp3) is 0.500. The first kappa shape index (κ1) is 10.8. The summed E-state index contributed by atoms with van der Waals surface area (Å²) in [5.74, 6) is 2.44. The number of rotatable bonds is 2. The highest BCUT2D eigenvalue weighted by Crippen LogP contribution is 2.21. The molecule has 0 aliphatic carbocycles. The topological polar surface area (TPSA) is 23.5 Å². The van der Waals surface area contributed by atoms with Crippen molar-refractivity contribution in [3.05, 3.63) is 29.8 Å². The summed E-state index contributed by atoms with van der Waals surface area (Å²) in [7, 11) is 0. The SMILES string of the molecule is C[C@@H](O)c1ccc(N2CCSCC2)cc1. The van der Waals surface area contributed by atoms with E-state index in [-0.39, 0.29) is 6.10 Å². The van der Waals surface area contributed by atoms with Gasteiger partial charge in [0.1, 0.15) is 0 Å². The van der Waals surface area contributed by atoms with E-state index < -0.39 is 0 Å². The van der Waals surface area contributed by atoms with E-state index in [9.17, 15) is 5.11 Å². The Hall–Kier alpha value is -0.670. The van der Waals surface area contributed by atoms with Crippen LogP contribution in [0.25, 0.3) is 0 Å². The summed E-state index contributed by atoms with van der Waals surface area (Å²) in [5, 5.41) is 9.41. The van der Waals surface area contributed by atoms with E-state index in [0.717, 1.165) is 18.7 Å². The summed E-state index contributed by atoms with van der Waals surface area (Å²) in [4.78, 5) is 2.41. The molecule has 0 amide bonds. The van der Waals surface area contributed by atoms with E-state index in [1.807, 2.05) is 23.9 Å².